The maximum atomic E-state index is 12.5. The summed E-state index contributed by atoms with van der Waals surface area (Å²) in [4.78, 5) is 1.50. The Morgan fingerprint density at radius 1 is 1.28 bits per heavy atom. The van der Waals surface area contributed by atoms with Crippen molar-refractivity contribution in [2.24, 2.45) is 5.92 Å². The molecule has 8 heteroatoms. The molecular formula is C17H27F3N4O. The lowest BCUT2D eigenvalue weighted by atomic mass is 9.97. The topological polar surface area (TPSA) is 42.3 Å². The van der Waals surface area contributed by atoms with Gasteiger partial charge in [-0.2, -0.15) is 18.3 Å². The number of aromatic nitrogens is 2. The van der Waals surface area contributed by atoms with Crippen molar-refractivity contribution >= 4 is 0 Å². The fourth-order valence-electron chi connectivity index (χ4n) is 3.89. The highest BCUT2D eigenvalue weighted by atomic mass is 19.4. The molecule has 0 radical (unpaired) electrons. The summed E-state index contributed by atoms with van der Waals surface area (Å²) in [5, 5.41) is 7.88. The number of likely N-dealkylation sites (tertiary alicyclic amines) is 1. The summed E-state index contributed by atoms with van der Waals surface area (Å²) in [6, 6.07) is 2.31. The van der Waals surface area contributed by atoms with E-state index in [4.69, 9.17) is 4.74 Å². The van der Waals surface area contributed by atoms with Crippen LogP contribution in [0, 0.1) is 5.92 Å². The number of nitrogens with zero attached hydrogens (tertiary/aromatic N) is 3. The van der Waals surface area contributed by atoms with E-state index in [9.17, 15) is 13.2 Å². The highest BCUT2D eigenvalue weighted by Crippen LogP contribution is 2.34. The zero-order valence-electron chi connectivity index (χ0n) is 14.6. The van der Waals surface area contributed by atoms with Gasteiger partial charge in [-0.3, -0.25) is 9.58 Å². The van der Waals surface area contributed by atoms with E-state index in [1.165, 1.54) is 4.90 Å². The first-order valence-electron chi connectivity index (χ1n) is 9.12. The van der Waals surface area contributed by atoms with Gasteiger partial charge in [0.25, 0.3) is 0 Å². The van der Waals surface area contributed by atoms with E-state index in [1.54, 1.807) is 6.20 Å². The lowest BCUT2D eigenvalue weighted by Gasteiger charge is -2.33. The number of halogens is 3. The first kappa shape index (κ1) is 18.7. The second-order valence-electron chi connectivity index (χ2n) is 6.99. The van der Waals surface area contributed by atoms with E-state index >= 15 is 0 Å². The van der Waals surface area contributed by atoms with Crippen molar-refractivity contribution in [1.82, 2.24) is 20.0 Å². The van der Waals surface area contributed by atoms with Gasteiger partial charge in [-0.1, -0.05) is 0 Å². The molecule has 3 rings (SSSR count). The summed E-state index contributed by atoms with van der Waals surface area (Å²) < 4.78 is 45.3. The van der Waals surface area contributed by atoms with Crippen molar-refractivity contribution in [3.63, 3.8) is 0 Å². The van der Waals surface area contributed by atoms with Gasteiger partial charge in [0, 0.05) is 37.9 Å². The zero-order valence-corrected chi connectivity index (χ0v) is 14.6. The fraction of sp³-hybridized carbons (Fsp3) is 0.824. The van der Waals surface area contributed by atoms with E-state index in [1.807, 2.05) is 10.7 Å². The molecule has 2 aliphatic heterocycles. The van der Waals surface area contributed by atoms with Crippen molar-refractivity contribution in [2.75, 3.05) is 32.8 Å². The molecule has 0 aromatic carbocycles. The van der Waals surface area contributed by atoms with Gasteiger partial charge in [0.15, 0.2) is 0 Å². The second-order valence-corrected chi connectivity index (χ2v) is 6.99. The maximum absolute atomic E-state index is 12.5. The molecule has 2 saturated heterocycles. The van der Waals surface area contributed by atoms with E-state index < -0.39 is 12.7 Å². The summed E-state index contributed by atoms with van der Waals surface area (Å²) in [5.41, 5.74) is 1.12. The van der Waals surface area contributed by atoms with Crippen LogP contribution in [-0.4, -0.2) is 59.7 Å². The van der Waals surface area contributed by atoms with Gasteiger partial charge in [-0.25, -0.2) is 0 Å². The highest BCUT2D eigenvalue weighted by Gasteiger charge is 2.34. The number of ether oxygens (including phenoxy) is 1. The molecule has 0 unspecified atom stereocenters. The van der Waals surface area contributed by atoms with Gasteiger partial charge in [0.05, 0.1) is 12.2 Å². The van der Waals surface area contributed by atoms with Gasteiger partial charge in [0.2, 0.25) is 0 Å². The quantitative estimate of drug-likeness (QED) is 0.847. The lowest BCUT2D eigenvalue weighted by Crippen LogP contribution is -2.46. The van der Waals surface area contributed by atoms with Crippen LogP contribution in [0.2, 0.25) is 0 Å². The molecule has 0 amide bonds. The fourth-order valence-corrected chi connectivity index (χ4v) is 3.89. The van der Waals surface area contributed by atoms with E-state index in [2.05, 4.69) is 17.3 Å². The van der Waals surface area contributed by atoms with E-state index in [0.717, 1.165) is 44.7 Å². The Morgan fingerprint density at radius 2 is 2.04 bits per heavy atom. The Hall–Kier alpha value is -1.12. The van der Waals surface area contributed by atoms with E-state index in [0.29, 0.717) is 25.0 Å². The van der Waals surface area contributed by atoms with Crippen molar-refractivity contribution in [1.29, 1.82) is 0 Å². The summed E-state index contributed by atoms with van der Waals surface area (Å²) in [6.45, 7) is 4.68. The second kappa shape index (κ2) is 8.05. The average molecular weight is 360 g/mol. The Balaban J connectivity index is 1.46. The van der Waals surface area contributed by atoms with Crippen LogP contribution in [-0.2, 0) is 11.3 Å². The maximum Gasteiger partial charge on any atom is 0.401 e. The Kier molecular flexibility index (Phi) is 6.01. The minimum Gasteiger partial charge on any atom is -0.372 e. The average Bonchev–Trinajstić information content (AvgIpc) is 3.21. The molecule has 0 saturated carbocycles. The third kappa shape index (κ3) is 4.95. The van der Waals surface area contributed by atoms with Crippen molar-refractivity contribution in [3.8, 4) is 0 Å². The molecule has 5 nitrogen and oxygen atoms in total. The predicted molar refractivity (Wildman–Crippen MR) is 88.2 cm³/mol. The van der Waals surface area contributed by atoms with Crippen LogP contribution in [0.4, 0.5) is 13.2 Å². The standard InChI is InChI=1S/C17H27F3N4O/c1-2-24-15(3-7-22-24)16-13(6-10-25-16)11-21-14-4-8-23(9-5-14)12-17(18,19)20/h3,7,13-14,16,21H,2,4-6,8-12H2,1H3/t13-,16+/m0/s1. The molecular weight excluding hydrogens is 333 g/mol. The minimum atomic E-state index is -4.10. The predicted octanol–water partition coefficient (Wildman–Crippen LogP) is 2.60. The van der Waals surface area contributed by atoms with Crippen LogP contribution in [0.25, 0.3) is 0 Å². The molecule has 0 bridgehead atoms. The number of rotatable bonds is 6. The lowest BCUT2D eigenvalue weighted by molar-refractivity contribution is -0.148. The van der Waals surface area contributed by atoms with Gasteiger partial charge < -0.3 is 10.1 Å². The molecule has 142 valence electrons. The molecule has 2 atom stereocenters. The van der Waals surface area contributed by atoms with Crippen molar-refractivity contribution in [2.45, 2.75) is 51.1 Å². The Labute approximate surface area is 146 Å². The Morgan fingerprint density at radius 3 is 2.72 bits per heavy atom. The normalized spacial score (nSPS) is 26.4. The minimum absolute atomic E-state index is 0.0558. The summed E-state index contributed by atoms with van der Waals surface area (Å²) in [5.74, 6) is 0.384. The van der Waals surface area contributed by atoms with Crippen LogP contribution < -0.4 is 5.32 Å². The summed E-state index contributed by atoms with van der Waals surface area (Å²) >= 11 is 0. The molecule has 2 fully saturated rings. The summed E-state index contributed by atoms with van der Waals surface area (Å²) in [7, 11) is 0. The van der Waals surface area contributed by atoms with Crippen molar-refractivity contribution in [3.05, 3.63) is 18.0 Å². The Bertz CT molecular complexity index is 540. The smallest absolute Gasteiger partial charge is 0.372 e. The number of hydrogen-bond acceptors (Lipinski definition) is 4. The van der Waals surface area contributed by atoms with Gasteiger partial charge >= 0.3 is 6.18 Å². The third-order valence-electron chi connectivity index (χ3n) is 5.21. The first-order valence-corrected chi connectivity index (χ1v) is 9.12. The molecule has 1 N–H and O–H groups in total. The number of nitrogens with one attached hydrogen (secondary N) is 1. The molecule has 0 aliphatic carbocycles. The van der Waals surface area contributed by atoms with Gasteiger partial charge in [-0.05, 0) is 45.3 Å². The van der Waals surface area contributed by atoms with Crippen LogP contribution in [0.5, 0.6) is 0 Å². The van der Waals surface area contributed by atoms with Gasteiger partial charge in [-0.15, -0.1) is 0 Å². The third-order valence-corrected chi connectivity index (χ3v) is 5.21. The molecule has 25 heavy (non-hydrogen) atoms. The van der Waals surface area contributed by atoms with Crippen LogP contribution >= 0.6 is 0 Å². The molecule has 2 aliphatic rings. The van der Waals surface area contributed by atoms with Crippen molar-refractivity contribution < 1.29 is 17.9 Å². The largest absolute Gasteiger partial charge is 0.401 e. The highest BCUT2D eigenvalue weighted by molar-refractivity contribution is 5.08. The molecule has 1 aromatic rings. The monoisotopic (exact) mass is 360 g/mol. The molecule has 1 aromatic heterocycles. The number of aryl methyl sites for hydroxylation is 1. The van der Waals surface area contributed by atoms with E-state index in [-0.39, 0.29) is 6.10 Å². The SMILES string of the molecule is CCn1nccc1[C@@H]1OCC[C@H]1CNC1CCN(CC(F)(F)F)CC1. The number of hydrogen-bond donors (Lipinski definition) is 1. The summed E-state index contributed by atoms with van der Waals surface area (Å²) in [6.07, 6.45) is 0.292. The van der Waals surface area contributed by atoms with Crippen LogP contribution in [0.15, 0.2) is 12.3 Å². The van der Waals surface area contributed by atoms with Crippen LogP contribution in [0.3, 0.4) is 0 Å². The first-order chi connectivity index (χ1) is 12.0. The van der Waals surface area contributed by atoms with Crippen LogP contribution in [0.1, 0.15) is 38.0 Å². The number of alkyl halides is 3. The van der Waals surface area contributed by atoms with Gasteiger partial charge in [0.1, 0.15) is 6.10 Å². The molecule has 0 spiro atoms. The molecule has 3 heterocycles. The number of piperidine rings is 1. The zero-order chi connectivity index (χ0) is 17.9.